The van der Waals surface area contributed by atoms with Crippen LogP contribution in [0.2, 0.25) is 0 Å². The second kappa shape index (κ2) is 8.62. The highest BCUT2D eigenvalue weighted by Crippen LogP contribution is 2.12. The summed E-state index contributed by atoms with van der Waals surface area (Å²) >= 11 is 0. The van der Waals surface area contributed by atoms with Crippen LogP contribution in [-0.4, -0.2) is 36.9 Å². The van der Waals surface area contributed by atoms with Gasteiger partial charge in [-0.1, -0.05) is 24.1 Å². The molecule has 0 unspecified atom stereocenters. The van der Waals surface area contributed by atoms with E-state index >= 15 is 0 Å². The molecule has 6 heteroatoms. The summed E-state index contributed by atoms with van der Waals surface area (Å²) in [7, 11) is 1.62. The van der Waals surface area contributed by atoms with Crippen LogP contribution < -0.4 is 10.6 Å². The Bertz CT molecular complexity index is 814. The summed E-state index contributed by atoms with van der Waals surface area (Å²) in [6.07, 6.45) is 5.32. The molecule has 128 valence electrons. The third kappa shape index (κ3) is 5.75. The lowest BCUT2D eigenvalue weighted by Crippen LogP contribution is -2.36. The van der Waals surface area contributed by atoms with E-state index in [0.717, 1.165) is 0 Å². The van der Waals surface area contributed by atoms with Gasteiger partial charge in [-0.3, -0.25) is 14.5 Å². The number of amides is 2. The highest BCUT2D eigenvalue weighted by Gasteiger charge is 2.12. The van der Waals surface area contributed by atoms with Crippen molar-refractivity contribution >= 4 is 23.2 Å². The van der Waals surface area contributed by atoms with Crippen molar-refractivity contribution in [2.75, 3.05) is 30.8 Å². The topological polar surface area (TPSA) is 61.4 Å². The van der Waals surface area contributed by atoms with Gasteiger partial charge in [-0.25, -0.2) is 4.39 Å². The second-order valence-corrected chi connectivity index (χ2v) is 5.47. The zero-order valence-corrected chi connectivity index (χ0v) is 13.8. The molecule has 0 aliphatic rings. The van der Waals surface area contributed by atoms with Gasteiger partial charge in [-0.05, 0) is 37.4 Å². The lowest BCUT2D eigenvalue weighted by Gasteiger charge is -2.16. The summed E-state index contributed by atoms with van der Waals surface area (Å²) in [6, 6.07) is 12.8. The SMILES string of the molecule is C#Cc1cccc(NC(=O)CN(C)CC(=O)Nc2ccccc2F)c1. The van der Waals surface area contributed by atoms with Crippen LogP contribution in [0.15, 0.2) is 48.5 Å². The van der Waals surface area contributed by atoms with Crippen LogP contribution in [0, 0.1) is 18.2 Å². The van der Waals surface area contributed by atoms with E-state index in [1.807, 2.05) is 0 Å². The highest BCUT2D eigenvalue weighted by molar-refractivity contribution is 5.94. The number of anilines is 2. The van der Waals surface area contributed by atoms with Gasteiger partial charge in [0.15, 0.2) is 0 Å². The maximum atomic E-state index is 13.5. The lowest BCUT2D eigenvalue weighted by atomic mass is 10.2. The van der Waals surface area contributed by atoms with Crippen molar-refractivity contribution in [2.45, 2.75) is 0 Å². The molecular weight excluding hydrogens is 321 g/mol. The largest absolute Gasteiger partial charge is 0.325 e. The summed E-state index contributed by atoms with van der Waals surface area (Å²) in [6.45, 7) is -0.0445. The number of rotatable bonds is 6. The predicted molar refractivity (Wildman–Crippen MR) is 95.5 cm³/mol. The third-order valence-electron chi connectivity index (χ3n) is 3.29. The molecule has 0 heterocycles. The maximum absolute atomic E-state index is 13.5. The van der Waals surface area contributed by atoms with Crippen LogP contribution >= 0.6 is 0 Å². The summed E-state index contributed by atoms with van der Waals surface area (Å²) in [5.41, 5.74) is 1.36. The molecule has 0 aromatic heterocycles. The number of para-hydroxylation sites is 1. The van der Waals surface area contributed by atoms with Crippen LogP contribution in [0.5, 0.6) is 0 Å². The Morgan fingerprint density at radius 1 is 1.08 bits per heavy atom. The van der Waals surface area contributed by atoms with Gasteiger partial charge < -0.3 is 10.6 Å². The fourth-order valence-electron chi connectivity index (χ4n) is 2.19. The third-order valence-corrected chi connectivity index (χ3v) is 3.29. The van der Waals surface area contributed by atoms with Crippen LogP contribution in [-0.2, 0) is 9.59 Å². The Hall–Kier alpha value is -3.17. The van der Waals surface area contributed by atoms with Crippen molar-refractivity contribution in [3.63, 3.8) is 0 Å². The van der Waals surface area contributed by atoms with E-state index in [4.69, 9.17) is 6.42 Å². The van der Waals surface area contributed by atoms with Crippen molar-refractivity contribution in [1.29, 1.82) is 0 Å². The molecule has 0 atom stereocenters. The van der Waals surface area contributed by atoms with Crippen molar-refractivity contribution in [3.8, 4) is 12.3 Å². The Morgan fingerprint density at radius 2 is 1.76 bits per heavy atom. The summed E-state index contributed by atoms with van der Waals surface area (Å²) in [4.78, 5) is 25.5. The molecule has 2 aromatic carbocycles. The predicted octanol–water partition coefficient (Wildman–Crippen LogP) is 2.32. The van der Waals surface area contributed by atoms with Crippen molar-refractivity contribution in [1.82, 2.24) is 4.90 Å². The summed E-state index contributed by atoms with van der Waals surface area (Å²) in [5.74, 6) is 1.29. The molecule has 0 saturated heterocycles. The molecular formula is C19H18FN3O2. The quantitative estimate of drug-likeness (QED) is 0.794. The molecule has 2 N–H and O–H groups in total. The van der Waals surface area contributed by atoms with Gasteiger partial charge in [0.05, 0.1) is 18.8 Å². The number of hydrogen-bond donors (Lipinski definition) is 2. The van der Waals surface area contributed by atoms with Gasteiger partial charge in [-0.15, -0.1) is 6.42 Å². The fourth-order valence-corrected chi connectivity index (χ4v) is 2.19. The van der Waals surface area contributed by atoms with E-state index in [1.165, 1.54) is 23.1 Å². The normalized spacial score (nSPS) is 10.2. The van der Waals surface area contributed by atoms with Gasteiger partial charge in [0, 0.05) is 11.3 Å². The van der Waals surface area contributed by atoms with Crippen molar-refractivity contribution in [3.05, 3.63) is 59.9 Å². The van der Waals surface area contributed by atoms with Crippen LogP contribution in [0.25, 0.3) is 0 Å². The standard InChI is InChI=1S/C19H18FN3O2/c1-3-14-7-6-8-15(11-14)21-18(24)12-23(2)13-19(25)22-17-10-5-4-9-16(17)20/h1,4-11H,12-13H2,2H3,(H,21,24)(H,22,25). The first-order chi connectivity index (χ1) is 12.0. The highest BCUT2D eigenvalue weighted by atomic mass is 19.1. The van der Waals surface area contributed by atoms with Gasteiger partial charge in [0.1, 0.15) is 5.82 Å². The first kappa shape index (κ1) is 18.2. The first-order valence-corrected chi connectivity index (χ1v) is 7.57. The average Bonchev–Trinajstić information content (AvgIpc) is 2.56. The fraction of sp³-hybridized carbons (Fsp3) is 0.158. The van der Waals surface area contributed by atoms with Gasteiger partial charge in [0.25, 0.3) is 0 Å². The number of nitrogens with one attached hydrogen (secondary N) is 2. The van der Waals surface area contributed by atoms with Gasteiger partial charge in [-0.2, -0.15) is 0 Å². The van der Waals surface area contributed by atoms with E-state index in [0.29, 0.717) is 11.3 Å². The Kier molecular flexibility index (Phi) is 6.26. The number of likely N-dealkylation sites (N-methyl/N-ethyl adjacent to an activating group) is 1. The zero-order chi connectivity index (χ0) is 18.2. The molecule has 0 aliphatic carbocycles. The van der Waals surface area contributed by atoms with E-state index in [9.17, 15) is 14.0 Å². The van der Waals surface area contributed by atoms with Gasteiger partial charge >= 0.3 is 0 Å². The van der Waals surface area contributed by atoms with E-state index in [2.05, 4.69) is 16.6 Å². The molecule has 0 saturated carbocycles. The molecule has 0 fully saturated rings. The molecule has 0 aliphatic heterocycles. The Balaban J connectivity index is 1.83. The molecule has 0 spiro atoms. The van der Waals surface area contributed by atoms with Gasteiger partial charge in [0.2, 0.25) is 11.8 Å². The van der Waals surface area contributed by atoms with E-state index < -0.39 is 11.7 Å². The van der Waals surface area contributed by atoms with E-state index in [1.54, 1.807) is 37.4 Å². The summed E-state index contributed by atoms with van der Waals surface area (Å²) < 4.78 is 13.5. The number of carbonyl (C=O) groups is 2. The number of terminal acetylenes is 1. The minimum atomic E-state index is -0.510. The molecule has 0 bridgehead atoms. The molecule has 2 aromatic rings. The molecule has 2 rings (SSSR count). The minimum absolute atomic E-state index is 0.00493. The number of benzene rings is 2. The number of hydrogen-bond acceptors (Lipinski definition) is 3. The maximum Gasteiger partial charge on any atom is 0.238 e. The Morgan fingerprint density at radius 3 is 2.44 bits per heavy atom. The molecule has 25 heavy (non-hydrogen) atoms. The summed E-state index contributed by atoms with van der Waals surface area (Å²) in [5, 5.41) is 5.18. The lowest BCUT2D eigenvalue weighted by molar-refractivity contribution is -0.119. The second-order valence-electron chi connectivity index (χ2n) is 5.47. The molecule has 0 radical (unpaired) electrons. The number of halogens is 1. The molecule has 5 nitrogen and oxygen atoms in total. The monoisotopic (exact) mass is 339 g/mol. The van der Waals surface area contributed by atoms with Crippen molar-refractivity contribution < 1.29 is 14.0 Å². The van der Waals surface area contributed by atoms with Crippen LogP contribution in [0.3, 0.4) is 0 Å². The average molecular weight is 339 g/mol. The number of carbonyl (C=O) groups excluding carboxylic acids is 2. The van der Waals surface area contributed by atoms with E-state index in [-0.39, 0.29) is 24.7 Å². The van der Waals surface area contributed by atoms with Crippen molar-refractivity contribution in [2.24, 2.45) is 0 Å². The Labute approximate surface area is 145 Å². The molecule has 2 amide bonds. The number of nitrogens with zero attached hydrogens (tertiary/aromatic N) is 1. The smallest absolute Gasteiger partial charge is 0.238 e. The minimum Gasteiger partial charge on any atom is -0.325 e. The van der Waals surface area contributed by atoms with Crippen LogP contribution in [0.4, 0.5) is 15.8 Å². The zero-order valence-electron chi connectivity index (χ0n) is 13.8. The van der Waals surface area contributed by atoms with Crippen LogP contribution in [0.1, 0.15) is 5.56 Å². The first-order valence-electron chi connectivity index (χ1n) is 7.57.